The molecule has 7 heteroatoms. The molecule has 0 atom stereocenters. The first kappa shape index (κ1) is 17.2. The van der Waals surface area contributed by atoms with Crippen molar-refractivity contribution in [3.8, 4) is 5.69 Å². The Bertz CT molecular complexity index is 1140. The number of halogens is 1. The number of benzene rings is 2. The summed E-state index contributed by atoms with van der Waals surface area (Å²) in [6.07, 6.45) is 0. The third kappa shape index (κ3) is 3.04. The molecule has 27 heavy (non-hydrogen) atoms. The minimum Gasteiger partial charge on any atom is -0.464 e. The number of aromatic nitrogens is 2. The summed E-state index contributed by atoms with van der Waals surface area (Å²) < 4.78 is 6.47. The molecule has 0 spiro atoms. The standard InChI is InChI=1S/C20H14ClN3O3/c1-27-20(26)16-10-18(25)23-17-11-22-19(12-5-3-2-4-6-12)14-9-13(21)7-8-15(14)24(16)17/h2-10H,11H2,1H3. The highest BCUT2D eigenvalue weighted by Crippen LogP contribution is 2.28. The second-order valence-corrected chi connectivity index (χ2v) is 6.35. The number of methoxy groups -OCH3 is 1. The van der Waals surface area contributed by atoms with Gasteiger partial charge in [-0.2, -0.15) is 4.98 Å². The van der Waals surface area contributed by atoms with Crippen LogP contribution in [-0.4, -0.2) is 28.3 Å². The maximum Gasteiger partial charge on any atom is 0.355 e. The van der Waals surface area contributed by atoms with Crippen LogP contribution in [0.3, 0.4) is 0 Å². The Morgan fingerprint density at radius 1 is 1.15 bits per heavy atom. The van der Waals surface area contributed by atoms with Gasteiger partial charge in [0.05, 0.1) is 25.1 Å². The minimum atomic E-state index is -0.625. The molecular formula is C20H14ClN3O3. The monoisotopic (exact) mass is 379 g/mol. The third-order valence-corrected chi connectivity index (χ3v) is 4.51. The van der Waals surface area contributed by atoms with Gasteiger partial charge >= 0.3 is 5.97 Å². The van der Waals surface area contributed by atoms with Gasteiger partial charge in [0.1, 0.15) is 11.5 Å². The highest BCUT2D eigenvalue weighted by Gasteiger charge is 2.24. The summed E-state index contributed by atoms with van der Waals surface area (Å²) in [5.74, 6) is -0.266. The van der Waals surface area contributed by atoms with E-state index in [1.807, 2.05) is 30.3 Å². The third-order valence-electron chi connectivity index (χ3n) is 4.27. The molecule has 3 aromatic rings. The van der Waals surface area contributed by atoms with Crippen molar-refractivity contribution in [2.24, 2.45) is 4.99 Å². The summed E-state index contributed by atoms with van der Waals surface area (Å²) in [7, 11) is 1.27. The van der Waals surface area contributed by atoms with Gasteiger partial charge in [0.2, 0.25) is 0 Å². The Labute approximate surface area is 159 Å². The zero-order valence-electron chi connectivity index (χ0n) is 14.3. The number of nitrogens with zero attached hydrogens (tertiary/aromatic N) is 3. The molecule has 6 nitrogen and oxygen atoms in total. The van der Waals surface area contributed by atoms with Gasteiger partial charge in [-0.1, -0.05) is 41.9 Å². The lowest BCUT2D eigenvalue weighted by Gasteiger charge is -2.17. The van der Waals surface area contributed by atoms with E-state index in [1.54, 1.807) is 22.8 Å². The van der Waals surface area contributed by atoms with E-state index in [0.29, 0.717) is 22.2 Å². The molecule has 0 bridgehead atoms. The van der Waals surface area contributed by atoms with Gasteiger partial charge in [0.25, 0.3) is 5.56 Å². The smallest absolute Gasteiger partial charge is 0.355 e. The van der Waals surface area contributed by atoms with E-state index >= 15 is 0 Å². The molecule has 2 aromatic carbocycles. The number of hydrogen-bond acceptors (Lipinski definition) is 5. The molecule has 0 N–H and O–H groups in total. The van der Waals surface area contributed by atoms with E-state index in [0.717, 1.165) is 11.1 Å². The quantitative estimate of drug-likeness (QED) is 0.641. The molecule has 134 valence electrons. The topological polar surface area (TPSA) is 73.6 Å². The van der Waals surface area contributed by atoms with Crippen LogP contribution < -0.4 is 5.56 Å². The Morgan fingerprint density at radius 2 is 1.93 bits per heavy atom. The van der Waals surface area contributed by atoms with E-state index in [9.17, 15) is 9.59 Å². The normalized spacial score (nSPS) is 12.4. The number of carbonyl (C=O) groups is 1. The van der Waals surface area contributed by atoms with Crippen molar-refractivity contribution in [3.05, 3.63) is 92.6 Å². The number of carbonyl (C=O) groups excluding carboxylic acids is 1. The van der Waals surface area contributed by atoms with Crippen LogP contribution >= 0.6 is 11.6 Å². The average molecular weight is 380 g/mol. The summed E-state index contributed by atoms with van der Waals surface area (Å²) in [6, 6.07) is 16.1. The molecule has 0 aliphatic carbocycles. The largest absolute Gasteiger partial charge is 0.464 e. The van der Waals surface area contributed by atoms with Crippen LogP contribution in [0, 0.1) is 0 Å². The van der Waals surface area contributed by atoms with E-state index in [-0.39, 0.29) is 12.2 Å². The lowest BCUT2D eigenvalue weighted by molar-refractivity contribution is 0.0589. The number of rotatable bonds is 2. The van der Waals surface area contributed by atoms with Crippen LogP contribution in [-0.2, 0) is 11.3 Å². The summed E-state index contributed by atoms with van der Waals surface area (Å²) in [5.41, 5.74) is 2.58. The zero-order valence-corrected chi connectivity index (χ0v) is 15.1. The number of ether oxygens (including phenoxy) is 1. The average Bonchev–Trinajstić information content (AvgIpc) is 2.83. The van der Waals surface area contributed by atoms with Crippen LogP contribution in [0.15, 0.2) is 64.4 Å². The van der Waals surface area contributed by atoms with Crippen molar-refractivity contribution in [2.45, 2.75) is 6.54 Å². The first-order valence-corrected chi connectivity index (χ1v) is 8.58. The predicted octanol–water partition coefficient (Wildman–Crippen LogP) is 3.02. The highest BCUT2D eigenvalue weighted by molar-refractivity contribution is 6.31. The number of hydrogen-bond donors (Lipinski definition) is 0. The fourth-order valence-corrected chi connectivity index (χ4v) is 3.30. The van der Waals surface area contributed by atoms with Gasteiger partial charge < -0.3 is 4.74 Å². The molecule has 1 aromatic heterocycles. The molecule has 0 radical (unpaired) electrons. The van der Waals surface area contributed by atoms with Gasteiger partial charge in [0, 0.05) is 22.2 Å². The van der Waals surface area contributed by atoms with Crippen LogP contribution in [0.1, 0.15) is 27.4 Å². The fourth-order valence-electron chi connectivity index (χ4n) is 3.13. The first-order valence-electron chi connectivity index (χ1n) is 8.20. The summed E-state index contributed by atoms with van der Waals surface area (Å²) in [6.45, 7) is 0.136. The summed E-state index contributed by atoms with van der Waals surface area (Å²) in [4.78, 5) is 33.0. The molecule has 0 amide bonds. The van der Waals surface area contributed by atoms with Crippen molar-refractivity contribution in [2.75, 3.05) is 7.11 Å². The lowest BCUT2D eigenvalue weighted by atomic mass is 10.0. The molecular weight excluding hydrogens is 366 g/mol. The van der Waals surface area contributed by atoms with Crippen molar-refractivity contribution in [3.63, 3.8) is 0 Å². The van der Waals surface area contributed by atoms with Crippen molar-refractivity contribution < 1.29 is 9.53 Å². The molecule has 0 unspecified atom stereocenters. The van der Waals surface area contributed by atoms with Crippen molar-refractivity contribution in [1.82, 2.24) is 9.55 Å². The molecule has 1 aliphatic heterocycles. The summed E-state index contributed by atoms with van der Waals surface area (Å²) >= 11 is 6.24. The Balaban J connectivity index is 2.06. The SMILES string of the molecule is COC(=O)c1cc(=O)nc2n1-c1ccc(Cl)cc1C(c1ccccc1)=NC2. The predicted molar refractivity (Wildman–Crippen MR) is 102 cm³/mol. The Hall–Kier alpha value is -3.25. The van der Waals surface area contributed by atoms with Crippen LogP contribution in [0.4, 0.5) is 0 Å². The number of esters is 1. The molecule has 1 aliphatic rings. The van der Waals surface area contributed by atoms with E-state index in [1.165, 1.54) is 13.2 Å². The second kappa shape index (κ2) is 6.81. The summed E-state index contributed by atoms with van der Waals surface area (Å²) in [5, 5.41) is 0.537. The van der Waals surface area contributed by atoms with E-state index < -0.39 is 11.5 Å². The Kier molecular flexibility index (Phi) is 4.33. The van der Waals surface area contributed by atoms with Gasteiger partial charge in [-0.05, 0) is 18.2 Å². The number of aliphatic imine (C=N–C) groups is 1. The first-order chi connectivity index (χ1) is 13.1. The van der Waals surface area contributed by atoms with Gasteiger partial charge in [-0.25, -0.2) is 4.79 Å². The minimum absolute atomic E-state index is 0.0978. The van der Waals surface area contributed by atoms with Gasteiger partial charge in [-0.15, -0.1) is 0 Å². The van der Waals surface area contributed by atoms with E-state index in [4.69, 9.17) is 16.3 Å². The van der Waals surface area contributed by atoms with Crippen molar-refractivity contribution in [1.29, 1.82) is 0 Å². The molecule has 0 fully saturated rings. The van der Waals surface area contributed by atoms with Crippen molar-refractivity contribution >= 4 is 23.3 Å². The zero-order chi connectivity index (χ0) is 19.0. The van der Waals surface area contributed by atoms with Gasteiger partial charge in [0.15, 0.2) is 0 Å². The Morgan fingerprint density at radius 3 is 2.67 bits per heavy atom. The molecule has 2 heterocycles. The van der Waals surface area contributed by atoms with Crippen LogP contribution in [0.5, 0.6) is 0 Å². The van der Waals surface area contributed by atoms with Crippen LogP contribution in [0.2, 0.25) is 5.02 Å². The molecule has 0 saturated carbocycles. The maximum absolute atomic E-state index is 12.3. The highest BCUT2D eigenvalue weighted by atomic mass is 35.5. The van der Waals surface area contributed by atoms with E-state index in [2.05, 4.69) is 9.98 Å². The second-order valence-electron chi connectivity index (χ2n) is 5.92. The van der Waals surface area contributed by atoms with Crippen LogP contribution in [0.25, 0.3) is 5.69 Å². The lowest BCUT2D eigenvalue weighted by Crippen LogP contribution is -2.23. The molecule has 4 rings (SSSR count). The maximum atomic E-state index is 12.3. The number of fused-ring (bicyclic) bond motifs is 3. The molecule has 0 saturated heterocycles. The van der Waals surface area contributed by atoms with Gasteiger partial charge in [-0.3, -0.25) is 14.4 Å². The fraction of sp³-hybridized carbons (Fsp3) is 0.100.